The number of hydrogen-bond donors (Lipinski definition) is 2. The number of nitrogens with zero attached hydrogens (tertiary/aromatic N) is 4. The fraction of sp³-hybridized carbons (Fsp3) is 0.217. The molecule has 1 amide bonds. The number of hydrogen-bond acceptors (Lipinski definition) is 4. The molecular weight excluding hydrogens is 394 g/mol. The first-order valence-electron chi connectivity index (χ1n) is 10.2. The molecule has 2 aromatic carbocycles. The maximum absolute atomic E-state index is 12.4. The van der Waals surface area contributed by atoms with Crippen LogP contribution < -0.4 is 5.69 Å². The second-order valence-electron chi connectivity index (χ2n) is 7.83. The van der Waals surface area contributed by atoms with E-state index in [0.717, 1.165) is 34.1 Å². The van der Waals surface area contributed by atoms with Gasteiger partial charge in [0.1, 0.15) is 5.82 Å². The Morgan fingerprint density at radius 2 is 1.94 bits per heavy atom. The fourth-order valence-electron chi connectivity index (χ4n) is 4.21. The summed E-state index contributed by atoms with van der Waals surface area (Å²) in [4.78, 5) is 29.4. The van der Waals surface area contributed by atoms with Crippen LogP contribution in [0.2, 0.25) is 0 Å². The Morgan fingerprint density at radius 1 is 1.13 bits per heavy atom. The van der Waals surface area contributed by atoms with E-state index in [1.54, 1.807) is 10.8 Å². The van der Waals surface area contributed by atoms with Crippen molar-refractivity contribution < 1.29 is 9.90 Å². The van der Waals surface area contributed by atoms with E-state index in [1.807, 2.05) is 48.5 Å². The first kappa shape index (κ1) is 19.0. The lowest BCUT2D eigenvalue weighted by atomic mass is 10.0. The highest BCUT2D eigenvalue weighted by Gasteiger charge is 2.27. The van der Waals surface area contributed by atoms with Crippen LogP contribution in [0.25, 0.3) is 27.7 Å². The van der Waals surface area contributed by atoms with E-state index in [-0.39, 0.29) is 11.6 Å². The van der Waals surface area contributed by atoms with E-state index >= 15 is 0 Å². The Hall–Kier alpha value is -3.94. The average molecular weight is 415 g/mol. The highest BCUT2D eigenvalue weighted by Crippen LogP contribution is 2.25. The molecule has 1 fully saturated rings. The van der Waals surface area contributed by atoms with Gasteiger partial charge in [-0.3, -0.25) is 4.98 Å². The number of H-pyrrole nitrogens is 1. The van der Waals surface area contributed by atoms with Crippen LogP contribution in [0.1, 0.15) is 12.2 Å². The van der Waals surface area contributed by atoms with Crippen molar-refractivity contribution >= 4 is 17.0 Å². The van der Waals surface area contributed by atoms with Crippen molar-refractivity contribution in [1.82, 2.24) is 24.6 Å². The minimum atomic E-state index is -0.901. The van der Waals surface area contributed by atoms with Crippen LogP contribution in [0.3, 0.4) is 0 Å². The van der Waals surface area contributed by atoms with E-state index < -0.39 is 6.09 Å². The zero-order valence-electron chi connectivity index (χ0n) is 16.7. The van der Waals surface area contributed by atoms with E-state index in [4.69, 9.17) is 5.11 Å². The normalized spacial score (nSPS) is 16.1. The Labute approximate surface area is 177 Å². The average Bonchev–Trinajstić information content (AvgIpc) is 3.41. The van der Waals surface area contributed by atoms with Crippen molar-refractivity contribution in [3.05, 3.63) is 77.1 Å². The van der Waals surface area contributed by atoms with Crippen LogP contribution in [0.5, 0.6) is 0 Å². The molecule has 0 bridgehead atoms. The summed E-state index contributed by atoms with van der Waals surface area (Å²) < 4.78 is 1.56. The van der Waals surface area contributed by atoms with Gasteiger partial charge in [-0.25, -0.2) is 19.3 Å². The van der Waals surface area contributed by atoms with Crippen LogP contribution in [0.4, 0.5) is 4.79 Å². The molecule has 1 aliphatic heterocycles. The highest BCUT2D eigenvalue weighted by atomic mass is 16.4. The first-order chi connectivity index (χ1) is 15.1. The molecule has 2 N–H and O–H groups in total. The summed E-state index contributed by atoms with van der Waals surface area (Å²) in [5.74, 6) is 0.763. The fourth-order valence-corrected chi connectivity index (χ4v) is 4.21. The molecule has 4 aromatic rings. The maximum atomic E-state index is 12.4. The number of fused-ring (bicyclic) bond motifs is 1. The standard InChI is InChI=1S/C23H21N5O3/c29-22-26-25-21(12-15-9-11-27(14-15)23(30)31)28(22)19-7-5-16(6-8-19)18-4-3-17-2-1-10-24-20(17)13-18/h1-8,10,13,15H,9,11-12,14H2,(H,26,29)(H,30,31)/t15-/m0/s1. The Bertz CT molecular complexity index is 1310. The SMILES string of the molecule is O=C(O)N1CC[C@@H](Cc2n[nH]c(=O)n2-c2ccc(-c3ccc4cccnc4c3)cc2)C1. The Balaban J connectivity index is 1.40. The van der Waals surface area contributed by atoms with Gasteiger partial charge in [0.2, 0.25) is 0 Å². The van der Waals surface area contributed by atoms with Crippen molar-refractivity contribution in [3.8, 4) is 16.8 Å². The van der Waals surface area contributed by atoms with Crippen LogP contribution in [-0.2, 0) is 6.42 Å². The largest absolute Gasteiger partial charge is 0.465 e. The number of amides is 1. The molecule has 8 nitrogen and oxygen atoms in total. The van der Waals surface area contributed by atoms with Crippen LogP contribution >= 0.6 is 0 Å². The van der Waals surface area contributed by atoms with Gasteiger partial charge >= 0.3 is 11.8 Å². The molecule has 31 heavy (non-hydrogen) atoms. The summed E-state index contributed by atoms with van der Waals surface area (Å²) in [6, 6.07) is 17.9. The molecule has 0 spiro atoms. The Morgan fingerprint density at radius 3 is 2.71 bits per heavy atom. The van der Waals surface area contributed by atoms with Crippen molar-refractivity contribution in [1.29, 1.82) is 0 Å². The molecule has 0 saturated carbocycles. The predicted octanol–water partition coefficient (Wildman–Crippen LogP) is 3.32. The topological polar surface area (TPSA) is 104 Å². The van der Waals surface area contributed by atoms with Gasteiger partial charge in [-0.15, -0.1) is 0 Å². The quantitative estimate of drug-likeness (QED) is 0.532. The summed E-state index contributed by atoms with van der Waals surface area (Å²) in [6.45, 7) is 0.981. The number of carbonyl (C=O) groups is 1. The minimum absolute atomic E-state index is 0.148. The first-order valence-corrected chi connectivity index (χ1v) is 10.2. The third kappa shape index (κ3) is 3.68. The van der Waals surface area contributed by atoms with Crippen molar-refractivity contribution in [3.63, 3.8) is 0 Å². The molecule has 2 aromatic heterocycles. The number of aromatic nitrogens is 4. The van der Waals surface area contributed by atoms with Crippen molar-refractivity contribution in [2.45, 2.75) is 12.8 Å². The number of rotatable bonds is 4. The van der Waals surface area contributed by atoms with E-state index in [0.29, 0.717) is 25.3 Å². The number of pyridine rings is 1. The number of likely N-dealkylation sites (tertiary alicyclic amines) is 1. The Kier molecular flexibility index (Phi) is 4.74. The van der Waals surface area contributed by atoms with E-state index in [2.05, 4.69) is 21.2 Å². The summed E-state index contributed by atoms with van der Waals surface area (Å²) in [7, 11) is 0. The maximum Gasteiger partial charge on any atom is 0.407 e. The zero-order valence-corrected chi connectivity index (χ0v) is 16.7. The molecule has 0 unspecified atom stereocenters. The molecule has 5 rings (SSSR count). The summed E-state index contributed by atoms with van der Waals surface area (Å²) in [6.07, 6.45) is 2.19. The second-order valence-corrected chi connectivity index (χ2v) is 7.83. The van der Waals surface area contributed by atoms with Gasteiger partial charge in [-0.1, -0.05) is 30.3 Å². The second kappa shape index (κ2) is 7.71. The van der Waals surface area contributed by atoms with Crippen LogP contribution in [0.15, 0.2) is 65.6 Å². The molecule has 1 aliphatic rings. The lowest BCUT2D eigenvalue weighted by Crippen LogP contribution is -2.27. The summed E-state index contributed by atoms with van der Waals surface area (Å²) in [5.41, 5.74) is 3.44. The zero-order chi connectivity index (χ0) is 21.4. The monoisotopic (exact) mass is 415 g/mol. The van der Waals surface area contributed by atoms with Gasteiger partial charge < -0.3 is 10.0 Å². The molecular formula is C23H21N5O3. The lowest BCUT2D eigenvalue weighted by Gasteiger charge is -2.13. The van der Waals surface area contributed by atoms with E-state index in [9.17, 15) is 9.59 Å². The van der Waals surface area contributed by atoms with Gasteiger partial charge in [0, 0.05) is 31.1 Å². The lowest BCUT2D eigenvalue weighted by molar-refractivity contribution is 0.154. The third-order valence-electron chi connectivity index (χ3n) is 5.83. The van der Waals surface area contributed by atoms with Gasteiger partial charge in [0.05, 0.1) is 11.2 Å². The van der Waals surface area contributed by atoms with Gasteiger partial charge in [-0.2, -0.15) is 5.10 Å². The number of benzene rings is 2. The van der Waals surface area contributed by atoms with Gasteiger partial charge in [0.25, 0.3) is 0 Å². The third-order valence-corrected chi connectivity index (χ3v) is 5.83. The molecule has 0 aliphatic carbocycles. The predicted molar refractivity (Wildman–Crippen MR) is 116 cm³/mol. The molecule has 1 saturated heterocycles. The number of carboxylic acid groups (broad SMARTS) is 1. The number of nitrogens with one attached hydrogen (secondary N) is 1. The molecule has 156 valence electrons. The molecule has 0 radical (unpaired) electrons. The smallest absolute Gasteiger partial charge is 0.407 e. The summed E-state index contributed by atoms with van der Waals surface area (Å²) >= 11 is 0. The van der Waals surface area contributed by atoms with Crippen LogP contribution in [-0.4, -0.2) is 48.9 Å². The minimum Gasteiger partial charge on any atom is -0.465 e. The molecule has 8 heteroatoms. The number of aromatic amines is 1. The van der Waals surface area contributed by atoms with E-state index in [1.165, 1.54) is 4.90 Å². The molecule has 1 atom stereocenters. The van der Waals surface area contributed by atoms with Gasteiger partial charge in [-0.05, 0) is 47.7 Å². The van der Waals surface area contributed by atoms with Crippen LogP contribution in [0, 0.1) is 5.92 Å². The molecule has 3 heterocycles. The van der Waals surface area contributed by atoms with Gasteiger partial charge in [0.15, 0.2) is 0 Å². The highest BCUT2D eigenvalue weighted by molar-refractivity contribution is 5.84. The van der Waals surface area contributed by atoms with Crippen molar-refractivity contribution in [2.24, 2.45) is 5.92 Å². The van der Waals surface area contributed by atoms with Crippen molar-refractivity contribution in [2.75, 3.05) is 13.1 Å². The summed E-state index contributed by atoms with van der Waals surface area (Å²) in [5, 5.41) is 17.0.